The lowest BCUT2D eigenvalue weighted by molar-refractivity contribution is -0.0277. The predicted molar refractivity (Wildman–Crippen MR) is 78.2 cm³/mol. The highest BCUT2D eigenvalue weighted by Crippen LogP contribution is 2.33. The Bertz CT molecular complexity index is 235. The zero-order chi connectivity index (χ0) is 13.5. The molecule has 0 radical (unpaired) electrons. The lowest BCUT2D eigenvalue weighted by Crippen LogP contribution is -2.33. The molecule has 3 nitrogen and oxygen atoms in total. The molecule has 0 spiro atoms. The van der Waals surface area contributed by atoms with Gasteiger partial charge in [-0.25, -0.2) is 0 Å². The average Bonchev–Trinajstić information content (AvgIpc) is 3.22. The number of aliphatic hydroxyl groups is 1. The fourth-order valence-corrected chi connectivity index (χ4v) is 2.89. The van der Waals surface area contributed by atoms with Crippen LogP contribution in [-0.2, 0) is 4.74 Å². The van der Waals surface area contributed by atoms with Crippen LogP contribution in [0.5, 0.6) is 0 Å². The third-order valence-electron chi connectivity index (χ3n) is 4.53. The minimum absolute atomic E-state index is 0.347. The molecule has 0 heterocycles. The number of nitrogens with one attached hydrogen (secondary N) is 1. The summed E-state index contributed by atoms with van der Waals surface area (Å²) < 4.78 is 5.81. The smallest absolute Gasteiger partial charge is 0.0897 e. The first-order chi connectivity index (χ1) is 9.24. The number of rotatable bonds is 9. The molecule has 0 aromatic heterocycles. The van der Waals surface area contributed by atoms with Gasteiger partial charge in [-0.3, -0.25) is 0 Å². The molecule has 2 saturated carbocycles. The summed E-state index contributed by atoms with van der Waals surface area (Å²) in [6.45, 7) is 4.52. The first-order valence-electron chi connectivity index (χ1n) is 8.24. The quantitative estimate of drug-likeness (QED) is 0.632. The molecule has 0 aliphatic heterocycles. The highest BCUT2D eigenvalue weighted by atomic mass is 16.5. The third kappa shape index (κ3) is 6.73. The van der Waals surface area contributed by atoms with Gasteiger partial charge in [-0.15, -0.1) is 0 Å². The van der Waals surface area contributed by atoms with Crippen LogP contribution in [0.1, 0.15) is 58.3 Å². The first kappa shape index (κ1) is 15.3. The van der Waals surface area contributed by atoms with Gasteiger partial charge < -0.3 is 15.2 Å². The van der Waals surface area contributed by atoms with Crippen LogP contribution >= 0.6 is 0 Å². The molecule has 2 rings (SSSR count). The van der Waals surface area contributed by atoms with E-state index in [4.69, 9.17) is 4.74 Å². The molecule has 0 aromatic rings. The Morgan fingerprint density at radius 3 is 2.58 bits per heavy atom. The zero-order valence-electron chi connectivity index (χ0n) is 12.4. The van der Waals surface area contributed by atoms with Gasteiger partial charge in [0, 0.05) is 6.54 Å². The molecule has 1 atom stereocenters. The average molecular weight is 269 g/mol. The van der Waals surface area contributed by atoms with Gasteiger partial charge in [0.15, 0.2) is 0 Å². The van der Waals surface area contributed by atoms with E-state index < -0.39 is 0 Å². The zero-order valence-corrected chi connectivity index (χ0v) is 12.4. The molecule has 0 saturated heterocycles. The Hall–Kier alpha value is -0.120. The maximum atomic E-state index is 9.87. The summed E-state index contributed by atoms with van der Waals surface area (Å²) in [5.41, 5.74) is 0. The van der Waals surface area contributed by atoms with Crippen molar-refractivity contribution >= 4 is 0 Å². The van der Waals surface area contributed by atoms with Crippen LogP contribution in [0.2, 0.25) is 0 Å². The van der Waals surface area contributed by atoms with Gasteiger partial charge >= 0.3 is 0 Å². The van der Waals surface area contributed by atoms with Gasteiger partial charge in [-0.2, -0.15) is 0 Å². The molecule has 3 heteroatoms. The van der Waals surface area contributed by atoms with Gasteiger partial charge in [-0.1, -0.05) is 19.8 Å². The maximum Gasteiger partial charge on any atom is 0.0897 e. The lowest BCUT2D eigenvalue weighted by Gasteiger charge is -2.27. The fraction of sp³-hybridized carbons (Fsp3) is 1.00. The van der Waals surface area contributed by atoms with Crippen molar-refractivity contribution in [1.82, 2.24) is 5.32 Å². The van der Waals surface area contributed by atoms with E-state index in [1.165, 1.54) is 51.4 Å². The van der Waals surface area contributed by atoms with Crippen molar-refractivity contribution in [3.05, 3.63) is 0 Å². The second kappa shape index (κ2) is 8.23. The largest absolute Gasteiger partial charge is 0.389 e. The van der Waals surface area contributed by atoms with Crippen molar-refractivity contribution in [3.63, 3.8) is 0 Å². The summed E-state index contributed by atoms with van der Waals surface area (Å²) in [5, 5.41) is 13.2. The summed E-state index contributed by atoms with van der Waals surface area (Å²) >= 11 is 0. The second-order valence-electron chi connectivity index (χ2n) is 6.66. The van der Waals surface area contributed by atoms with Crippen molar-refractivity contribution in [1.29, 1.82) is 0 Å². The topological polar surface area (TPSA) is 41.5 Å². The Labute approximate surface area is 118 Å². The van der Waals surface area contributed by atoms with E-state index in [2.05, 4.69) is 12.2 Å². The van der Waals surface area contributed by atoms with Crippen molar-refractivity contribution in [2.45, 2.75) is 70.5 Å². The third-order valence-corrected chi connectivity index (χ3v) is 4.53. The number of ether oxygens (including phenoxy) is 1. The summed E-state index contributed by atoms with van der Waals surface area (Å²) in [7, 11) is 0. The molecule has 112 valence electrons. The monoisotopic (exact) mass is 269 g/mol. The summed E-state index contributed by atoms with van der Waals surface area (Å²) in [4.78, 5) is 0. The first-order valence-corrected chi connectivity index (χ1v) is 8.24. The molecule has 0 bridgehead atoms. The molecule has 1 unspecified atom stereocenters. The SMILES string of the molecule is CC1CCC(OCC(O)CNCCCC2CC2)CC1. The lowest BCUT2D eigenvalue weighted by atomic mass is 9.89. The Morgan fingerprint density at radius 2 is 1.89 bits per heavy atom. The van der Waals surface area contributed by atoms with Crippen LogP contribution in [0.25, 0.3) is 0 Å². The second-order valence-corrected chi connectivity index (χ2v) is 6.66. The van der Waals surface area contributed by atoms with Crippen molar-refractivity contribution < 1.29 is 9.84 Å². The minimum atomic E-state index is -0.347. The fourth-order valence-electron chi connectivity index (χ4n) is 2.89. The normalized spacial score (nSPS) is 29.4. The summed E-state index contributed by atoms with van der Waals surface area (Å²) in [6, 6.07) is 0. The molecule has 2 aliphatic rings. The standard InChI is InChI=1S/C16H31NO2/c1-13-4-8-16(9-5-13)19-12-15(18)11-17-10-2-3-14-6-7-14/h13-18H,2-12H2,1H3. The number of aliphatic hydroxyl groups excluding tert-OH is 1. The Morgan fingerprint density at radius 1 is 1.16 bits per heavy atom. The van der Waals surface area contributed by atoms with Crippen molar-refractivity contribution in [3.8, 4) is 0 Å². The molecule has 19 heavy (non-hydrogen) atoms. The van der Waals surface area contributed by atoms with Crippen LogP contribution < -0.4 is 5.32 Å². The van der Waals surface area contributed by atoms with Crippen LogP contribution in [0.4, 0.5) is 0 Å². The molecule has 2 N–H and O–H groups in total. The van der Waals surface area contributed by atoms with Gasteiger partial charge in [0.25, 0.3) is 0 Å². The van der Waals surface area contributed by atoms with Crippen molar-refractivity contribution in [2.24, 2.45) is 11.8 Å². The van der Waals surface area contributed by atoms with Crippen LogP contribution in [-0.4, -0.2) is 37.0 Å². The van der Waals surface area contributed by atoms with Crippen LogP contribution in [0.15, 0.2) is 0 Å². The summed E-state index contributed by atoms with van der Waals surface area (Å²) in [5.74, 6) is 1.88. The van der Waals surface area contributed by atoms with E-state index >= 15 is 0 Å². The van der Waals surface area contributed by atoms with E-state index in [1.54, 1.807) is 0 Å². The molecule has 0 amide bonds. The van der Waals surface area contributed by atoms with Gasteiger partial charge in [0.1, 0.15) is 0 Å². The molecular weight excluding hydrogens is 238 g/mol. The Kier molecular flexibility index (Phi) is 6.62. The van der Waals surface area contributed by atoms with E-state index in [-0.39, 0.29) is 6.10 Å². The maximum absolute atomic E-state index is 9.87. The number of hydrogen-bond acceptors (Lipinski definition) is 3. The van der Waals surface area contributed by atoms with E-state index in [0.29, 0.717) is 19.3 Å². The van der Waals surface area contributed by atoms with Gasteiger partial charge in [0.05, 0.1) is 18.8 Å². The highest BCUT2D eigenvalue weighted by Gasteiger charge is 2.20. The molecular formula is C16H31NO2. The van der Waals surface area contributed by atoms with E-state index in [1.807, 2.05) is 0 Å². The minimum Gasteiger partial charge on any atom is -0.389 e. The van der Waals surface area contributed by atoms with Crippen LogP contribution in [0, 0.1) is 11.8 Å². The van der Waals surface area contributed by atoms with Crippen molar-refractivity contribution in [2.75, 3.05) is 19.7 Å². The van der Waals surface area contributed by atoms with Gasteiger partial charge in [-0.05, 0) is 56.9 Å². The molecule has 2 aliphatic carbocycles. The predicted octanol–water partition coefficient (Wildman–Crippen LogP) is 2.72. The Balaban J connectivity index is 1.41. The van der Waals surface area contributed by atoms with E-state index in [0.717, 1.165) is 18.4 Å². The number of hydrogen-bond donors (Lipinski definition) is 2. The summed E-state index contributed by atoms with van der Waals surface area (Å²) in [6.07, 6.45) is 10.4. The molecule has 2 fully saturated rings. The van der Waals surface area contributed by atoms with Gasteiger partial charge in [0.2, 0.25) is 0 Å². The highest BCUT2D eigenvalue weighted by molar-refractivity contribution is 4.73. The van der Waals surface area contributed by atoms with E-state index in [9.17, 15) is 5.11 Å². The molecule has 0 aromatic carbocycles. The van der Waals surface area contributed by atoms with Crippen LogP contribution in [0.3, 0.4) is 0 Å².